The molecule has 9 heteroatoms. The quantitative estimate of drug-likeness (QED) is 0.603. The minimum atomic E-state index is -3.73. The molecule has 134 valence electrons. The average molecular weight is 418 g/mol. The van der Waals surface area contributed by atoms with Crippen LogP contribution in [0.25, 0.3) is 0 Å². The predicted octanol–water partition coefficient (Wildman–Crippen LogP) is 4.49. The molecule has 25 heavy (non-hydrogen) atoms. The van der Waals surface area contributed by atoms with Crippen LogP contribution in [0.1, 0.15) is 13.3 Å². The number of hydrogen-bond acceptors (Lipinski definition) is 3. The highest BCUT2D eigenvalue weighted by molar-refractivity contribution is 7.92. The minimum Gasteiger partial charge on any atom is -0.362 e. The number of sulfonamides is 1. The molecule has 0 heterocycles. The van der Waals surface area contributed by atoms with Crippen LogP contribution in [0.3, 0.4) is 0 Å². The number of benzene rings is 2. The highest BCUT2D eigenvalue weighted by atomic mass is 35.5. The molecule has 0 unspecified atom stereocenters. The summed E-state index contributed by atoms with van der Waals surface area (Å²) in [5.41, 5.74) is 1.03. The van der Waals surface area contributed by atoms with Gasteiger partial charge in [-0.15, -0.1) is 0 Å². The number of nitrogens with one attached hydrogen (secondary N) is 3. The Morgan fingerprint density at radius 2 is 1.68 bits per heavy atom. The van der Waals surface area contributed by atoms with E-state index < -0.39 is 10.0 Å². The number of hydrogen-bond donors (Lipinski definition) is 3. The molecule has 0 aromatic heterocycles. The van der Waals surface area contributed by atoms with Gasteiger partial charge >= 0.3 is 0 Å². The van der Waals surface area contributed by atoms with E-state index >= 15 is 0 Å². The molecule has 0 amide bonds. The van der Waals surface area contributed by atoms with Gasteiger partial charge < -0.3 is 10.6 Å². The maximum Gasteiger partial charge on any atom is 0.261 e. The van der Waals surface area contributed by atoms with Gasteiger partial charge in [0.25, 0.3) is 10.0 Å². The van der Waals surface area contributed by atoms with Crippen molar-refractivity contribution < 1.29 is 8.42 Å². The van der Waals surface area contributed by atoms with Gasteiger partial charge in [-0.1, -0.05) is 30.1 Å². The maximum atomic E-state index is 12.4. The molecule has 0 aliphatic carbocycles. The Kier molecular flexibility index (Phi) is 6.89. The van der Waals surface area contributed by atoms with Crippen molar-refractivity contribution in [3.63, 3.8) is 0 Å². The number of rotatable bonds is 6. The van der Waals surface area contributed by atoms with Gasteiger partial charge in [0.1, 0.15) is 0 Å². The molecule has 0 bridgehead atoms. The summed E-state index contributed by atoms with van der Waals surface area (Å²) in [4.78, 5) is 0.122. The molecular formula is C16H17Cl2N3O2S2. The smallest absolute Gasteiger partial charge is 0.261 e. The second-order valence-corrected chi connectivity index (χ2v) is 8.04. The van der Waals surface area contributed by atoms with E-state index in [1.165, 1.54) is 24.3 Å². The lowest BCUT2D eigenvalue weighted by molar-refractivity contribution is 0.601. The standard InChI is InChI=1S/C16H17Cl2N3O2S2/c1-2-9-19-16(24)20-11-3-6-13(7-4-11)25(22,23)21-12-5-8-14(17)15(18)10-12/h3-8,10,21H,2,9H2,1H3,(H2,19,20,24). The van der Waals surface area contributed by atoms with Crippen molar-refractivity contribution in [2.45, 2.75) is 18.2 Å². The molecule has 0 fully saturated rings. The second-order valence-electron chi connectivity index (χ2n) is 5.14. The summed E-state index contributed by atoms with van der Waals surface area (Å²) in [7, 11) is -3.73. The van der Waals surface area contributed by atoms with E-state index in [0.717, 1.165) is 13.0 Å². The Balaban J connectivity index is 2.09. The summed E-state index contributed by atoms with van der Waals surface area (Å²) in [6.45, 7) is 2.81. The summed E-state index contributed by atoms with van der Waals surface area (Å²) >= 11 is 16.9. The van der Waals surface area contributed by atoms with Crippen LogP contribution in [0.2, 0.25) is 10.0 Å². The van der Waals surface area contributed by atoms with Crippen molar-refractivity contribution in [3.05, 3.63) is 52.5 Å². The van der Waals surface area contributed by atoms with Gasteiger partial charge in [0.05, 0.1) is 20.6 Å². The van der Waals surface area contributed by atoms with Crippen LogP contribution in [0, 0.1) is 0 Å². The molecule has 0 radical (unpaired) electrons. The number of thiocarbonyl (C=S) groups is 1. The zero-order chi connectivity index (χ0) is 18.4. The van der Waals surface area contributed by atoms with Gasteiger partial charge in [0.15, 0.2) is 5.11 Å². The molecule has 0 saturated heterocycles. The van der Waals surface area contributed by atoms with Gasteiger partial charge in [-0.25, -0.2) is 8.42 Å². The van der Waals surface area contributed by atoms with Crippen LogP contribution >= 0.6 is 35.4 Å². The summed E-state index contributed by atoms with van der Waals surface area (Å²) in [6, 6.07) is 10.8. The highest BCUT2D eigenvalue weighted by Gasteiger charge is 2.14. The van der Waals surface area contributed by atoms with Crippen molar-refractivity contribution in [1.82, 2.24) is 5.32 Å². The average Bonchev–Trinajstić information content (AvgIpc) is 2.56. The van der Waals surface area contributed by atoms with E-state index in [0.29, 0.717) is 21.5 Å². The molecule has 2 aromatic carbocycles. The first-order valence-electron chi connectivity index (χ1n) is 7.44. The van der Waals surface area contributed by atoms with Crippen LogP contribution in [0.4, 0.5) is 11.4 Å². The van der Waals surface area contributed by atoms with E-state index in [1.54, 1.807) is 18.2 Å². The first-order chi connectivity index (χ1) is 11.8. The summed E-state index contributed by atoms with van der Waals surface area (Å²) < 4.78 is 27.3. The third-order valence-corrected chi connectivity index (χ3v) is 5.51. The summed E-state index contributed by atoms with van der Waals surface area (Å²) in [6.07, 6.45) is 0.958. The largest absolute Gasteiger partial charge is 0.362 e. The molecule has 0 aliphatic rings. The van der Waals surface area contributed by atoms with E-state index in [9.17, 15) is 8.42 Å². The lowest BCUT2D eigenvalue weighted by Crippen LogP contribution is -2.28. The van der Waals surface area contributed by atoms with Crippen LogP contribution < -0.4 is 15.4 Å². The Hall–Kier alpha value is -1.54. The summed E-state index contributed by atoms with van der Waals surface area (Å²) in [5, 5.41) is 7.15. The molecule has 0 spiro atoms. The number of halogens is 2. The van der Waals surface area contributed by atoms with Gasteiger partial charge in [-0.2, -0.15) is 0 Å². The third-order valence-electron chi connectivity index (χ3n) is 3.13. The normalized spacial score (nSPS) is 11.0. The molecular weight excluding hydrogens is 401 g/mol. The molecule has 3 N–H and O–H groups in total. The van der Waals surface area contributed by atoms with Gasteiger partial charge in [0.2, 0.25) is 0 Å². The molecule has 5 nitrogen and oxygen atoms in total. The molecule has 0 atom stereocenters. The predicted molar refractivity (Wildman–Crippen MR) is 108 cm³/mol. The fourth-order valence-electron chi connectivity index (χ4n) is 1.90. The number of anilines is 2. The molecule has 2 aromatic rings. The first-order valence-corrected chi connectivity index (χ1v) is 10.1. The highest BCUT2D eigenvalue weighted by Crippen LogP contribution is 2.26. The Morgan fingerprint density at radius 1 is 1.04 bits per heavy atom. The molecule has 2 rings (SSSR count). The molecule has 0 saturated carbocycles. The maximum absolute atomic E-state index is 12.4. The Bertz CT molecular complexity index is 856. The van der Waals surface area contributed by atoms with E-state index in [2.05, 4.69) is 15.4 Å². The van der Waals surface area contributed by atoms with E-state index in [4.69, 9.17) is 35.4 Å². The zero-order valence-corrected chi connectivity index (χ0v) is 16.5. The summed E-state index contributed by atoms with van der Waals surface area (Å²) in [5.74, 6) is 0. The van der Waals surface area contributed by atoms with Crippen LogP contribution in [0.5, 0.6) is 0 Å². The van der Waals surface area contributed by atoms with Crippen molar-refractivity contribution in [2.24, 2.45) is 0 Å². The van der Waals surface area contributed by atoms with Crippen molar-refractivity contribution in [1.29, 1.82) is 0 Å². The van der Waals surface area contributed by atoms with Crippen LogP contribution in [-0.2, 0) is 10.0 Å². The first kappa shape index (κ1) is 19.8. The lowest BCUT2D eigenvalue weighted by Gasteiger charge is -2.11. The minimum absolute atomic E-state index is 0.122. The van der Waals surface area contributed by atoms with Crippen molar-refractivity contribution >= 4 is 61.9 Å². The SMILES string of the molecule is CCCNC(=S)Nc1ccc(S(=O)(=O)Nc2ccc(Cl)c(Cl)c2)cc1. The Labute approximate surface area is 162 Å². The Morgan fingerprint density at radius 3 is 2.28 bits per heavy atom. The monoisotopic (exact) mass is 417 g/mol. The van der Waals surface area contributed by atoms with Gasteiger partial charge in [0, 0.05) is 12.2 Å². The lowest BCUT2D eigenvalue weighted by atomic mass is 10.3. The fourth-order valence-corrected chi connectivity index (χ4v) is 3.47. The fraction of sp³-hybridized carbons (Fsp3) is 0.188. The van der Waals surface area contributed by atoms with Crippen molar-refractivity contribution in [2.75, 3.05) is 16.6 Å². The zero-order valence-electron chi connectivity index (χ0n) is 13.3. The van der Waals surface area contributed by atoms with Gasteiger partial charge in [-0.05, 0) is 61.1 Å². The topological polar surface area (TPSA) is 70.2 Å². The van der Waals surface area contributed by atoms with E-state index in [-0.39, 0.29) is 9.92 Å². The van der Waals surface area contributed by atoms with E-state index in [1.807, 2.05) is 6.92 Å². The van der Waals surface area contributed by atoms with Crippen LogP contribution in [0.15, 0.2) is 47.4 Å². The van der Waals surface area contributed by atoms with Gasteiger partial charge in [-0.3, -0.25) is 4.72 Å². The molecule has 0 aliphatic heterocycles. The van der Waals surface area contributed by atoms with Crippen LogP contribution in [-0.4, -0.2) is 20.1 Å². The second kappa shape index (κ2) is 8.71. The third kappa shape index (κ3) is 5.74. The van der Waals surface area contributed by atoms with Crippen molar-refractivity contribution in [3.8, 4) is 0 Å².